The van der Waals surface area contributed by atoms with Gasteiger partial charge in [0.1, 0.15) is 0 Å². The van der Waals surface area contributed by atoms with Crippen molar-refractivity contribution in [2.75, 3.05) is 0 Å². The number of amides is 1. The second kappa shape index (κ2) is 7.72. The minimum absolute atomic E-state index is 0.0297. The second-order valence-corrected chi connectivity index (χ2v) is 5.05. The van der Waals surface area contributed by atoms with Crippen LogP contribution in [0.4, 0.5) is 0 Å². The molecule has 0 aliphatic heterocycles. The van der Waals surface area contributed by atoms with Gasteiger partial charge in [0.05, 0.1) is 6.04 Å². The highest BCUT2D eigenvalue weighted by Gasteiger charge is 2.20. The van der Waals surface area contributed by atoms with Gasteiger partial charge >= 0.3 is 0 Å². The molecule has 104 valence electrons. The molecule has 0 fully saturated rings. The van der Waals surface area contributed by atoms with Gasteiger partial charge < -0.3 is 5.32 Å². The van der Waals surface area contributed by atoms with Crippen LogP contribution in [0.15, 0.2) is 30.3 Å². The predicted octanol–water partition coefficient (Wildman–Crippen LogP) is 2.74. The summed E-state index contributed by atoms with van der Waals surface area (Å²) in [6.45, 7) is 5.43. The van der Waals surface area contributed by atoms with Crippen molar-refractivity contribution in [3.63, 3.8) is 0 Å². The van der Waals surface area contributed by atoms with Gasteiger partial charge in [-0.1, -0.05) is 50.6 Å². The Balaban J connectivity index is 2.54. The number of hydrogen-bond acceptors (Lipinski definition) is 2. The van der Waals surface area contributed by atoms with E-state index < -0.39 is 0 Å². The quantitative estimate of drug-likeness (QED) is 0.820. The average Bonchev–Trinajstić information content (AvgIpc) is 2.39. The van der Waals surface area contributed by atoms with Gasteiger partial charge in [-0.25, -0.2) is 0 Å². The molecule has 19 heavy (non-hydrogen) atoms. The predicted molar refractivity (Wildman–Crippen MR) is 76.8 cm³/mol. The fraction of sp³-hybridized carbons (Fsp3) is 0.500. The summed E-state index contributed by atoms with van der Waals surface area (Å²) in [5, 5.41) is 2.85. The maximum absolute atomic E-state index is 12.1. The Bertz CT molecular complexity index is 414. The molecule has 0 unspecified atom stereocenters. The lowest BCUT2D eigenvalue weighted by Gasteiger charge is -2.18. The van der Waals surface area contributed by atoms with E-state index in [1.807, 2.05) is 44.2 Å². The summed E-state index contributed by atoms with van der Waals surface area (Å²) in [7, 11) is 0. The van der Waals surface area contributed by atoms with Gasteiger partial charge in [-0.15, -0.1) is 0 Å². The van der Waals surface area contributed by atoms with Crippen LogP contribution in [0, 0.1) is 5.92 Å². The lowest BCUT2D eigenvalue weighted by Crippen LogP contribution is -2.42. The molecule has 1 amide bonds. The number of nitrogens with one attached hydrogen (secondary N) is 1. The standard InChI is InChI=1S/C16H23NO2/c1-4-8-15(13(3)18)17-16(19)12(2)11-14-9-6-5-7-10-14/h5-7,9-10,12,15H,4,8,11H2,1-3H3,(H,17,19)/t12-,15-/m0/s1. The Labute approximate surface area is 115 Å². The number of carbonyl (C=O) groups excluding carboxylic acids is 2. The monoisotopic (exact) mass is 261 g/mol. The van der Waals surface area contributed by atoms with Crippen molar-refractivity contribution >= 4 is 11.7 Å². The minimum atomic E-state index is -0.337. The summed E-state index contributed by atoms with van der Waals surface area (Å²) in [6, 6.07) is 9.58. The van der Waals surface area contributed by atoms with Crippen LogP contribution in [-0.2, 0) is 16.0 Å². The first-order valence-electron chi connectivity index (χ1n) is 6.89. The number of ketones is 1. The van der Waals surface area contributed by atoms with Crippen molar-refractivity contribution < 1.29 is 9.59 Å². The molecule has 1 rings (SSSR count). The lowest BCUT2D eigenvalue weighted by molar-refractivity contribution is -0.129. The number of hydrogen-bond donors (Lipinski definition) is 1. The van der Waals surface area contributed by atoms with Gasteiger partial charge in [0.25, 0.3) is 0 Å². The molecule has 2 atom stereocenters. The first-order chi connectivity index (χ1) is 9.04. The zero-order chi connectivity index (χ0) is 14.3. The molecule has 1 N–H and O–H groups in total. The fourth-order valence-electron chi connectivity index (χ4n) is 2.04. The van der Waals surface area contributed by atoms with Gasteiger partial charge in [0.15, 0.2) is 5.78 Å². The maximum atomic E-state index is 12.1. The molecule has 0 radical (unpaired) electrons. The van der Waals surface area contributed by atoms with E-state index in [9.17, 15) is 9.59 Å². The van der Waals surface area contributed by atoms with Gasteiger partial charge in [-0.05, 0) is 25.3 Å². The number of carbonyl (C=O) groups is 2. The molecule has 3 nitrogen and oxygen atoms in total. The largest absolute Gasteiger partial charge is 0.346 e. The molecule has 0 saturated heterocycles. The highest BCUT2D eigenvalue weighted by atomic mass is 16.2. The molecule has 0 heterocycles. The summed E-state index contributed by atoms with van der Waals surface area (Å²) in [6.07, 6.45) is 2.29. The van der Waals surface area contributed by atoms with E-state index in [1.165, 1.54) is 6.92 Å². The number of rotatable bonds is 7. The molecule has 0 saturated carbocycles. The molecule has 1 aromatic rings. The second-order valence-electron chi connectivity index (χ2n) is 5.05. The third kappa shape index (κ3) is 5.25. The van der Waals surface area contributed by atoms with Gasteiger partial charge in [-0.3, -0.25) is 9.59 Å². The van der Waals surface area contributed by atoms with E-state index in [2.05, 4.69) is 5.32 Å². The zero-order valence-corrected chi connectivity index (χ0v) is 12.0. The van der Waals surface area contributed by atoms with Crippen LogP contribution in [0.5, 0.6) is 0 Å². The Kier molecular flexibility index (Phi) is 6.26. The van der Waals surface area contributed by atoms with E-state index in [4.69, 9.17) is 0 Å². The van der Waals surface area contributed by atoms with Crippen LogP contribution in [0.2, 0.25) is 0 Å². The first-order valence-corrected chi connectivity index (χ1v) is 6.89. The van der Waals surface area contributed by atoms with Gasteiger partial charge in [0, 0.05) is 5.92 Å². The molecule has 3 heteroatoms. The number of benzene rings is 1. The van der Waals surface area contributed by atoms with Crippen molar-refractivity contribution in [2.45, 2.75) is 46.1 Å². The van der Waals surface area contributed by atoms with E-state index in [0.717, 1.165) is 12.0 Å². The summed E-state index contributed by atoms with van der Waals surface area (Å²) in [4.78, 5) is 23.5. The van der Waals surface area contributed by atoms with Crippen LogP contribution >= 0.6 is 0 Å². The maximum Gasteiger partial charge on any atom is 0.223 e. The summed E-state index contributed by atoms with van der Waals surface area (Å²) < 4.78 is 0. The fourth-order valence-corrected chi connectivity index (χ4v) is 2.04. The third-order valence-corrected chi connectivity index (χ3v) is 3.22. The Hall–Kier alpha value is -1.64. The van der Waals surface area contributed by atoms with Crippen LogP contribution in [0.1, 0.15) is 39.2 Å². The van der Waals surface area contributed by atoms with E-state index >= 15 is 0 Å². The van der Waals surface area contributed by atoms with Crippen molar-refractivity contribution in [3.8, 4) is 0 Å². The molecule has 0 aliphatic rings. The molecule has 0 bridgehead atoms. The molecule has 0 aromatic heterocycles. The van der Waals surface area contributed by atoms with Crippen molar-refractivity contribution in [3.05, 3.63) is 35.9 Å². The van der Waals surface area contributed by atoms with E-state index in [1.54, 1.807) is 0 Å². The number of Topliss-reactive ketones (excluding diaryl/α,β-unsaturated/α-hetero) is 1. The van der Waals surface area contributed by atoms with Crippen LogP contribution in [-0.4, -0.2) is 17.7 Å². The summed E-state index contributed by atoms with van der Waals surface area (Å²) in [5.41, 5.74) is 1.14. The van der Waals surface area contributed by atoms with Crippen molar-refractivity contribution in [2.24, 2.45) is 5.92 Å². The summed E-state index contributed by atoms with van der Waals surface area (Å²) in [5.74, 6) is -0.138. The topological polar surface area (TPSA) is 46.2 Å². The van der Waals surface area contributed by atoms with Gasteiger partial charge in [-0.2, -0.15) is 0 Å². The van der Waals surface area contributed by atoms with Crippen LogP contribution in [0.3, 0.4) is 0 Å². The third-order valence-electron chi connectivity index (χ3n) is 3.22. The van der Waals surface area contributed by atoms with Crippen LogP contribution in [0.25, 0.3) is 0 Å². The van der Waals surface area contributed by atoms with Crippen LogP contribution < -0.4 is 5.32 Å². The Morgan fingerprint density at radius 2 is 1.84 bits per heavy atom. The van der Waals surface area contributed by atoms with Crippen molar-refractivity contribution in [1.29, 1.82) is 0 Å². The molecule has 0 aliphatic carbocycles. The molecule has 0 spiro atoms. The van der Waals surface area contributed by atoms with E-state index in [0.29, 0.717) is 12.8 Å². The highest BCUT2D eigenvalue weighted by Crippen LogP contribution is 2.09. The molecular weight excluding hydrogens is 238 g/mol. The SMILES string of the molecule is CCC[C@H](NC(=O)[C@@H](C)Cc1ccccc1)C(C)=O. The zero-order valence-electron chi connectivity index (χ0n) is 12.0. The minimum Gasteiger partial charge on any atom is -0.346 e. The Morgan fingerprint density at radius 3 is 2.37 bits per heavy atom. The lowest BCUT2D eigenvalue weighted by atomic mass is 9.99. The molecular formula is C16H23NO2. The van der Waals surface area contributed by atoms with E-state index in [-0.39, 0.29) is 23.7 Å². The summed E-state index contributed by atoms with van der Waals surface area (Å²) >= 11 is 0. The smallest absolute Gasteiger partial charge is 0.223 e. The van der Waals surface area contributed by atoms with Gasteiger partial charge in [0.2, 0.25) is 5.91 Å². The first kappa shape index (κ1) is 15.4. The van der Waals surface area contributed by atoms with Crippen molar-refractivity contribution in [1.82, 2.24) is 5.32 Å². The highest BCUT2D eigenvalue weighted by molar-refractivity contribution is 5.88. The molecule has 1 aromatic carbocycles. The normalized spacial score (nSPS) is 13.6. The average molecular weight is 261 g/mol. The Morgan fingerprint density at radius 1 is 1.21 bits per heavy atom.